The lowest BCUT2D eigenvalue weighted by atomic mass is 10.2. The van der Waals surface area contributed by atoms with E-state index in [2.05, 4.69) is 16.8 Å². The van der Waals surface area contributed by atoms with E-state index in [0.29, 0.717) is 5.69 Å². The van der Waals surface area contributed by atoms with Gasteiger partial charge in [-0.1, -0.05) is 0 Å². The molecule has 1 saturated heterocycles. The third kappa shape index (κ3) is 2.33. The Kier molecular flexibility index (Phi) is 2.97. The Hall–Kier alpha value is -1.42. The summed E-state index contributed by atoms with van der Waals surface area (Å²) >= 11 is 0. The van der Waals surface area contributed by atoms with Crippen molar-refractivity contribution in [3.05, 3.63) is 24.0 Å². The van der Waals surface area contributed by atoms with Crippen molar-refractivity contribution in [2.75, 3.05) is 24.6 Å². The van der Waals surface area contributed by atoms with E-state index in [1.54, 1.807) is 12.3 Å². The lowest BCUT2D eigenvalue weighted by molar-refractivity contribution is 0.0532. The molecule has 15 heavy (non-hydrogen) atoms. The number of morpholine rings is 1. The highest BCUT2D eigenvalue weighted by molar-refractivity contribution is 5.72. The number of aromatic nitrogens is 1. The monoisotopic (exact) mass is 206 g/mol. The zero-order valence-electron chi connectivity index (χ0n) is 8.72. The van der Waals surface area contributed by atoms with Crippen LogP contribution in [-0.2, 0) is 4.74 Å². The molecular weight excluding hydrogens is 192 g/mol. The fourth-order valence-electron chi connectivity index (χ4n) is 1.71. The van der Waals surface area contributed by atoms with Crippen LogP contribution in [0.25, 0.3) is 0 Å². The highest BCUT2D eigenvalue weighted by Gasteiger charge is 2.16. The maximum absolute atomic E-state index is 10.5. The minimum atomic E-state index is 0.254. The van der Waals surface area contributed by atoms with Gasteiger partial charge in [-0.25, -0.2) is 0 Å². The fraction of sp³-hybridized carbons (Fsp3) is 0.455. The lowest BCUT2D eigenvalue weighted by Gasteiger charge is -2.32. The lowest BCUT2D eigenvalue weighted by Crippen LogP contribution is -2.41. The van der Waals surface area contributed by atoms with Gasteiger partial charge in [-0.05, 0) is 19.1 Å². The summed E-state index contributed by atoms with van der Waals surface area (Å²) in [4.78, 5) is 16.7. The fourth-order valence-corrected chi connectivity index (χ4v) is 1.71. The van der Waals surface area contributed by atoms with Crippen LogP contribution < -0.4 is 4.90 Å². The summed E-state index contributed by atoms with van der Waals surface area (Å²) in [6.07, 6.45) is 2.75. The molecule has 4 heteroatoms. The van der Waals surface area contributed by atoms with Crippen LogP contribution >= 0.6 is 0 Å². The number of anilines is 1. The van der Waals surface area contributed by atoms with Gasteiger partial charge in [-0.2, -0.15) is 0 Å². The molecule has 1 aliphatic heterocycles. The first-order valence-corrected chi connectivity index (χ1v) is 5.07. The summed E-state index contributed by atoms with van der Waals surface area (Å²) in [6.45, 7) is 4.56. The molecule has 0 amide bonds. The summed E-state index contributed by atoms with van der Waals surface area (Å²) in [5.41, 5.74) is 1.52. The van der Waals surface area contributed by atoms with Gasteiger partial charge < -0.3 is 9.64 Å². The highest BCUT2D eigenvalue weighted by atomic mass is 16.5. The molecule has 2 heterocycles. The average Bonchev–Trinajstić information content (AvgIpc) is 2.29. The normalized spacial score (nSPS) is 21.4. The van der Waals surface area contributed by atoms with Gasteiger partial charge in [0.1, 0.15) is 5.69 Å². The maximum atomic E-state index is 10.5. The zero-order valence-corrected chi connectivity index (χ0v) is 8.72. The van der Waals surface area contributed by atoms with Gasteiger partial charge in [0.25, 0.3) is 0 Å². The van der Waals surface area contributed by atoms with Gasteiger partial charge in [-0.15, -0.1) is 0 Å². The minimum absolute atomic E-state index is 0.254. The number of carbonyl (C=O) groups is 1. The zero-order chi connectivity index (χ0) is 10.7. The molecule has 1 atom stereocenters. The Bertz CT molecular complexity index is 337. The molecule has 0 aromatic carbocycles. The van der Waals surface area contributed by atoms with E-state index >= 15 is 0 Å². The Balaban J connectivity index is 2.11. The predicted molar refractivity (Wildman–Crippen MR) is 57.3 cm³/mol. The van der Waals surface area contributed by atoms with E-state index in [9.17, 15) is 4.79 Å². The molecule has 80 valence electrons. The van der Waals surface area contributed by atoms with E-state index in [1.165, 1.54) is 0 Å². The smallest absolute Gasteiger partial charge is 0.168 e. The molecule has 2 rings (SSSR count). The van der Waals surface area contributed by atoms with Crippen LogP contribution in [0.2, 0.25) is 0 Å². The molecule has 0 saturated carbocycles. The Morgan fingerprint density at radius 1 is 1.60 bits per heavy atom. The second-order valence-corrected chi connectivity index (χ2v) is 3.69. The molecule has 4 nitrogen and oxygen atoms in total. The second kappa shape index (κ2) is 4.40. The van der Waals surface area contributed by atoms with Crippen LogP contribution in [-0.4, -0.2) is 37.1 Å². The summed E-state index contributed by atoms with van der Waals surface area (Å²) < 4.78 is 5.46. The number of hydrogen-bond donors (Lipinski definition) is 0. The predicted octanol–water partition coefficient (Wildman–Crippen LogP) is 1.12. The van der Waals surface area contributed by atoms with E-state index in [1.807, 2.05) is 6.07 Å². The number of pyridine rings is 1. The molecule has 1 aliphatic rings. The van der Waals surface area contributed by atoms with Gasteiger partial charge in [0.15, 0.2) is 6.29 Å². The van der Waals surface area contributed by atoms with Crippen LogP contribution in [0.15, 0.2) is 18.3 Å². The standard InChI is InChI=1S/C11H14N2O2/c1-9-7-13(4-5-15-9)11-3-2-10(8-14)12-6-11/h2-3,6,8-9H,4-5,7H2,1H3. The quantitative estimate of drug-likeness (QED) is 0.680. The van der Waals surface area contributed by atoms with E-state index in [-0.39, 0.29) is 6.10 Å². The van der Waals surface area contributed by atoms with Gasteiger partial charge in [0.2, 0.25) is 0 Å². The van der Waals surface area contributed by atoms with E-state index < -0.39 is 0 Å². The number of rotatable bonds is 2. The first kappa shape index (κ1) is 10.1. The Labute approximate surface area is 88.9 Å². The third-order valence-electron chi connectivity index (χ3n) is 2.50. The molecule has 0 bridgehead atoms. The average molecular weight is 206 g/mol. The van der Waals surface area contributed by atoms with E-state index in [0.717, 1.165) is 31.7 Å². The number of carbonyl (C=O) groups excluding carboxylic acids is 1. The van der Waals surface area contributed by atoms with Gasteiger partial charge in [0.05, 0.1) is 24.6 Å². The molecule has 1 aromatic rings. The summed E-state index contributed by atoms with van der Waals surface area (Å²) in [6, 6.07) is 3.66. The van der Waals surface area contributed by atoms with Crippen molar-refractivity contribution in [2.24, 2.45) is 0 Å². The molecule has 0 spiro atoms. The number of nitrogens with zero attached hydrogens (tertiary/aromatic N) is 2. The van der Waals surface area contributed by atoms with Gasteiger partial charge >= 0.3 is 0 Å². The van der Waals surface area contributed by atoms with Gasteiger partial charge in [0, 0.05) is 13.1 Å². The van der Waals surface area contributed by atoms with Crippen LogP contribution in [0, 0.1) is 0 Å². The Morgan fingerprint density at radius 3 is 3.07 bits per heavy atom. The minimum Gasteiger partial charge on any atom is -0.375 e. The number of aldehydes is 1. The first-order chi connectivity index (χ1) is 7.29. The molecule has 0 radical (unpaired) electrons. The van der Waals surface area contributed by atoms with Crippen LogP contribution in [0.5, 0.6) is 0 Å². The van der Waals surface area contributed by atoms with Crippen molar-refractivity contribution in [3.63, 3.8) is 0 Å². The van der Waals surface area contributed by atoms with Crippen molar-refractivity contribution < 1.29 is 9.53 Å². The van der Waals surface area contributed by atoms with Crippen molar-refractivity contribution >= 4 is 12.0 Å². The summed E-state index contributed by atoms with van der Waals surface area (Å²) in [7, 11) is 0. The molecule has 1 fully saturated rings. The third-order valence-corrected chi connectivity index (χ3v) is 2.50. The largest absolute Gasteiger partial charge is 0.375 e. The molecule has 1 aromatic heterocycles. The molecular formula is C11H14N2O2. The van der Waals surface area contributed by atoms with E-state index in [4.69, 9.17) is 4.74 Å². The van der Waals surface area contributed by atoms with Crippen molar-refractivity contribution in [1.29, 1.82) is 0 Å². The van der Waals surface area contributed by atoms with Crippen molar-refractivity contribution in [1.82, 2.24) is 4.98 Å². The Morgan fingerprint density at radius 2 is 2.47 bits per heavy atom. The summed E-state index contributed by atoms with van der Waals surface area (Å²) in [5.74, 6) is 0. The van der Waals surface area contributed by atoms with Crippen LogP contribution in [0.3, 0.4) is 0 Å². The van der Waals surface area contributed by atoms with Gasteiger partial charge in [-0.3, -0.25) is 9.78 Å². The topological polar surface area (TPSA) is 42.4 Å². The first-order valence-electron chi connectivity index (χ1n) is 5.07. The van der Waals surface area contributed by atoms with Crippen molar-refractivity contribution in [3.8, 4) is 0 Å². The maximum Gasteiger partial charge on any atom is 0.168 e. The summed E-state index contributed by atoms with van der Waals surface area (Å²) in [5, 5.41) is 0. The molecule has 0 aliphatic carbocycles. The van der Waals surface area contributed by atoms with Crippen molar-refractivity contribution in [2.45, 2.75) is 13.0 Å². The number of ether oxygens (including phenoxy) is 1. The second-order valence-electron chi connectivity index (χ2n) is 3.69. The van der Waals surface area contributed by atoms with Crippen LogP contribution in [0.4, 0.5) is 5.69 Å². The highest BCUT2D eigenvalue weighted by Crippen LogP contribution is 2.16. The molecule has 0 N–H and O–H groups in total. The molecule has 1 unspecified atom stereocenters. The van der Waals surface area contributed by atoms with Crippen LogP contribution in [0.1, 0.15) is 17.4 Å². The SMILES string of the molecule is CC1CN(c2ccc(C=O)nc2)CCO1. The number of hydrogen-bond acceptors (Lipinski definition) is 4.